The summed E-state index contributed by atoms with van der Waals surface area (Å²) in [5.74, 6) is 1.78. The van der Waals surface area contributed by atoms with Gasteiger partial charge in [-0.2, -0.15) is 0 Å². The number of nitrogens with one attached hydrogen (secondary N) is 1. The first-order chi connectivity index (χ1) is 14.8. The van der Waals surface area contributed by atoms with Gasteiger partial charge in [0.2, 0.25) is 0 Å². The molecule has 0 unspecified atom stereocenters. The minimum Gasteiger partial charge on any atom is -0.357 e. The zero-order valence-corrected chi connectivity index (χ0v) is 20.2. The fraction of sp³-hybridized carbons (Fsp3) is 0.348. The molecule has 0 amide bonds. The van der Waals surface area contributed by atoms with Gasteiger partial charge in [-0.1, -0.05) is 48.5 Å². The number of para-hydroxylation sites is 1. The number of piperazine rings is 1. The number of hydrogen-bond donors (Lipinski definition) is 1. The van der Waals surface area contributed by atoms with Crippen LogP contribution in [-0.2, 0) is 13.1 Å². The zero-order valence-electron chi connectivity index (χ0n) is 17.9. The monoisotopic (exact) mass is 531 g/mol. The summed E-state index contributed by atoms with van der Waals surface area (Å²) < 4.78 is 1.99. The molecule has 0 atom stereocenters. The fourth-order valence-corrected chi connectivity index (χ4v) is 3.70. The number of benzene rings is 2. The lowest BCUT2D eigenvalue weighted by molar-refractivity contribution is 0.172. The number of nitrogens with zero attached hydrogens (tertiary/aromatic N) is 6. The van der Waals surface area contributed by atoms with Crippen molar-refractivity contribution in [2.24, 2.45) is 4.99 Å². The highest BCUT2D eigenvalue weighted by atomic mass is 127. The normalized spacial score (nSPS) is 14.9. The molecule has 164 valence electrons. The molecule has 1 saturated heterocycles. The zero-order chi connectivity index (χ0) is 20.6. The van der Waals surface area contributed by atoms with E-state index in [1.807, 2.05) is 34.9 Å². The lowest BCUT2D eigenvalue weighted by Crippen LogP contribution is -2.52. The van der Waals surface area contributed by atoms with E-state index in [4.69, 9.17) is 4.99 Å². The molecule has 1 aromatic heterocycles. The van der Waals surface area contributed by atoms with E-state index in [0.717, 1.165) is 56.7 Å². The van der Waals surface area contributed by atoms with Crippen molar-refractivity contribution in [1.82, 2.24) is 29.9 Å². The molecular weight excluding hydrogens is 501 g/mol. The molecular formula is C23H30IN7. The first-order valence-corrected chi connectivity index (χ1v) is 10.6. The summed E-state index contributed by atoms with van der Waals surface area (Å²) >= 11 is 0. The molecule has 8 heteroatoms. The summed E-state index contributed by atoms with van der Waals surface area (Å²) in [5, 5.41) is 11.8. The Hall–Kier alpha value is -2.46. The lowest BCUT2D eigenvalue weighted by Gasteiger charge is -2.36. The predicted octanol–water partition coefficient (Wildman–Crippen LogP) is 3.17. The van der Waals surface area contributed by atoms with Gasteiger partial charge in [0.15, 0.2) is 11.8 Å². The van der Waals surface area contributed by atoms with Gasteiger partial charge in [-0.15, -0.1) is 34.2 Å². The lowest BCUT2D eigenvalue weighted by atomic mass is 10.2. The Morgan fingerprint density at radius 1 is 0.968 bits per heavy atom. The number of aromatic nitrogens is 3. The Bertz CT molecular complexity index is 935. The highest BCUT2D eigenvalue weighted by Gasteiger charge is 2.20. The molecule has 1 fully saturated rings. The van der Waals surface area contributed by atoms with E-state index in [1.165, 1.54) is 5.56 Å². The van der Waals surface area contributed by atoms with Crippen molar-refractivity contribution in [1.29, 1.82) is 0 Å². The fourth-order valence-electron chi connectivity index (χ4n) is 3.70. The number of aliphatic imine (C=N–C) groups is 1. The second-order valence-electron chi connectivity index (χ2n) is 7.37. The molecule has 4 rings (SSSR count). The summed E-state index contributed by atoms with van der Waals surface area (Å²) in [6, 6.07) is 20.8. The average molecular weight is 531 g/mol. The van der Waals surface area contributed by atoms with Gasteiger partial charge in [-0.3, -0.25) is 9.47 Å². The van der Waals surface area contributed by atoms with Crippen molar-refractivity contribution in [3.05, 3.63) is 78.4 Å². The second kappa shape index (κ2) is 11.8. The van der Waals surface area contributed by atoms with Crippen LogP contribution in [0.4, 0.5) is 0 Å². The average Bonchev–Trinajstić information content (AvgIpc) is 3.27. The maximum Gasteiger partial charge on any atom is 0.194 e. The van der Waals surface area contributed by atoms with Crippen molar-refractivity contribution in [3.63, 3.8) is 0 Å². The minimum atomic E-state index is 0. The predicted molar refractivity (Wildman–Crippen MR) is 135 cm³/mol. The van der Waals surface area contributed by atoms with Crippen molar-refractivity contribution in [3.8, 4) is 5.69 Å². The van der Waals surface area contributed by atoms with Crippen LogP contribution < -0.4 is 5.32 Å². The first-order valence-electron chi connectivity index (χ1n) is 10.6. The van der Waals surface area contributed by atoms with Gasteiger partial charge in [0, 0.05) is 45.0 Å². The molecule has 7 nitrogen and oxygen atoms in total. The van der Waals surface area contributed by atoms with Crippen LogP contribution in [0, 0.1) is 0 Å². The molecule has 0 bridgehead atoms. The van der Waals surface area contributed by atoms with Gasteiger partial charge in [-0.05, 0) is 24.6 Å². The number of hydrogen-bond acceptors (Lipinski definition) is 4. The molecule has 1 N–H and O–H groups in total. The summed E-state index contributed by atoms with van der Waals surface area (Å²) in [6.45, 7) is 8.42. The topological polar surface area (TPSA) is 61.6 Å². The van der Waals surface area contributed by atoms with E-state index in [2.05, 4.69) is 62.6 Å². The Balaban J connectivity index is 0.00000272. The van der Waals surface area contributed by atoms with Gasteiger partial charge < -0.3 is 10.2 Å². The van der Waals surface area contributed by atoms with Gasteiger partial charge in [0.1, 0.15) is 12.9 Å². The van der Waals surface area contributed by atoms with Crippen LogP contribution in [0.2, 0.25) is 0 Å². The smallest absolute Gasteiger partial charge is 0.194 e. The quantitative estimate of drug-likeness (QED) is 0.301. The van der Waals surface area contributed by atoms with Crippen LogP contribution in [0.15, 0.2) is 72.0 Å². The Morgan fingerprint density at radius 2 is 1.65 bits per heavy atom. The van der Waals surface area contributed by atoms with Crippen molar-refractivity contribution >= 4 is 29.9 Å². The largest absolute Gasteiger partial charge is 0.357 e. The minimum absolute atomic E-state index is 0. The third-order valence-electron chi connectivity index (χ3n) is 5.28. The Morgan fingerprint density at radius 3 is 2.32 bits per heavy atom. The summed E-state index contributed by atoms with van der Waals surface area (Å²) in [5.41, 5.74) is 2.42. The van der Waals surface area contributed by atoms with Crippen LogP contribution in [0.5, 0.6) is 0 Å². The number of rotatable bonds is 6. The standard InChI is InChI=1S/C23H29N7.HI/c1-2-24-23(25-17-22-27-26-19-30(22)21-11-7-4-8-12-21)29-15-13-28(14-16-29)18-20-9-5-3-6-10-20;/h3-12,19H,2,13-18H2,1H3,(H,24,25);1H. The van der Waals surface area contributed by atoms with Crippen LogP contribution in [0.1, 0.15) is 18.3 Å². The summed E-state index contributed by atoms with van der Waals surface area (Å²) in [4.78, 5) is 9.71. The maximum absolute atomic E-state index is 4.86. The molecule has 0 aliphatic carbocycles. The van der Waals surface area contributed by atoms with Gasteiger partial charge in [0.25, 0.3) is 0 Å². The van der Waals surface area contributed by atoms with E-state index in [1.54, 1.807) is 6.33 Å². The molecule has 2 aromatic carbocycles. The molecule has 0 saturated carbocycles. The summed E-state index contributed by atoms with van der Waals surface area (Å²) in [6.07, 6.45) is 1.75. The molecule has 2 heterocycles. The van der Waals surface area contributed by atoms with Gasteiger partial charge in [0.05, 0.1) is 0 Å². The highest BCUT2D eigenvalue weighted by molar-refractivity contribution is 14.0. The third-order valence-corrected chi connectivity index (χ3v) is 5.28. The van der Waals surface area contributed by atoms with E-state index in [0.29, 0.717) is 6.54 Å². The Kier molecular flexibility index (Phi) is 8.84. The van der Waals surface area contributed by atoms with Crippen molar-refractivity contribution < 1.29 is 0 Å². The number of halogens is 1. The highest BCUT2D eigenvalue weighted by Crippen LogP contribution is 2.11. The van der Waals surface area contributed by atoms with Crippen LogP contribution in [0.25, 0.3) is 5.69 Å². The molecule has 3 aromatic rings. The van der Waals surface area contributed by atoms with Crippen molar-refractivity contribution in [2.45, 2.75) is 20.0 Å². The van der Waals surface area contributed by atoms with Crippen LogP contribution >= 0.6 is 24.0 Å². The molecule has 1 aliphatic rings. The maximum atomic E-state index is 4.86. The first kappa shape index (κ1) is 23.2. The van der Waals surface area contributed by atoms with Crippen molar-refractivity contribution in [2.75, 3.05) is 32.7 Å². The van der Waals surface area contributed by atoms with Crippen LogP contribution in [-0.4, -0.2) is 63.2 Å². The number of guanidine groups is 1. The molecule has 1 aliphatic heterocycles. The van der Waals surface area contributed by atoms with Gasteiger partial charge in [-0.25, -0.2) is 4.99 Å². The Labute approximate surface area is 201 Å². The molecule has 31 heavy (non-hydrogen) atoms. The second-order valence-corrected chi connectivity index (χ2v) is 7.37. The van der Waals surface area contributed by atoms with Crippen LogP contribution in [0.3, 0.4) is 0 Å². The van der Waals surface area contributed by atoms with E-state index >= 15 is 0 Å². The van der Waals surface area contributed by atoms with Gasteiger partial charge >= 0.3 is 0 Å². The summed E-state index contributed by atoms with van der Waals surface area (Å²) in [7, 11) is 0. The molecule has 0 spiro atoms. The molecule has 0 radical (unpaired) electrons. The van der Waals surface area contributed by atoms with E-state index in [9.17, 15) is 0 Å². The third kappa shape index (κ3) is 6.27. The SMILES string of the molecule is CCNC(=NCc1nncn1-c1ccccc1)N1CCN(Cc2ccccc2)CC1.I. The van der Waals surface area contributed by atoms with E-state index < -0.39 is 0 Å². The van der Waals surface area contributed by atoms with E-state index in [-0.39, 0.29) is 24.0 Å².